The van der Waals surface area contributed by atoms with Crippen molar-refractivity contribution in [1.82, 2.24) is 5.32 Å². The van der Waals surface area contributed by atoms with E-state index in [0.29, 0.717) is 22.8 Å². The average molecular weight is 375 g/mol. The van der Waals surface area contributed by atoms with Crippen molar-refractivity contribution < 1.29 is 24.2 Å². The number of carbonyl (C=O) groups excluding carboxylic acids is 1. The van der Waals surface area contributed by atoms with Gasteiger partial charge < -0.3 is 19.9 Å². The fraction of sp³-hybridized carbons (Fsp3) is 0.263. The van der Waals surface area contributed by atoms with Gasteiger partial charge in [-0.1, -0.05) is 30.3 Å². The first kappa shape index (κ1) is 19.7. The highest BCUT2D eigenvalue weighted by molar-refractivity contribution is 7.99. The number of carbonyl (C=O) groups is 2. The summed E-state index contributed by atoms with van der Waals surface area (Å²) in [7, 11) is 3.13. The van der Waals surface area contributed by atoms with Gasteiger partial charge in [-0.15, -0.1) is 11.8 Å². The number of aliphatic carboxylic acids is 1. The minimum Gasteiger partial charge on any atom is -0.493 e. The summed E-state index contributed by atoms with van der Waals surface area (Å²) in [5.41, 5.74) is 0.542. The van der Waals surface area contributed by atoms with E-state index < -0.39 is 12.0 Å². The molecule has 0 unspecified atom stereocenters. The zero-order valence-electron chi connectivity index (χ0n) is 14.6. The van der Waals surface area contributed by atoms with E-state index in [9.17, 15) is 14.7 Å². The molecule has 0 aliphatic heterocycles. The van der Waals surface area contributed by atoms with Crippen LogP contribution in [0.4, 0.5) is 0 Å². The number of amides is 1. The van der Waals surface area contributed by atoms with Gasteiger partial charge in [-0.2, -0.15) is 0 Å². The van der Waals surface area contributed by atoms with Gasteiger partial charge in [0.05, 0.1) is 14.2 Å². The lowest BCUT2D eigenvalue weighted by atomic mass is 10.1. The van der Waals surface area contributed by atoms with Crippen LogP contribution in [0.2, 0.25) is 0 Å². The molecule has 0 aliphatic carbocycles. The third kappa shape index (κ3) is 5.42. The number of hydrogen-bond donors (Lipinski definition) is 2. The van der Waals surface area contributed by atoms with Crippen molar-refractivity contribution in [2.75, 3.05) is 20.0 Å². The number of rotatable bonds is 9. The number of hydrogen-bond acceptors (Lipinski definition) is 5. The Balaban J connectivity index is 1.89. The molecule has 2 rings (SSSR count). The third-order valence-corrected chi connectivity index (χ3v) is 4.63. The summed E-state index contributed by atoms with van der Waals surface area (Å²) in [6.45, 7) is 0. The first-order valence-corrected chi connectivity index (χ1v) is 8.95. The maximum atomic E-state index is 12.1. The molecule has 0 radical (unpaired) electrons. The van der Waals surface area contributed by atoms with Crippen LogP contribution in [-0.4, -0.2) is 37.0 Å². The Morgan fingerprint density at radius 2 is 1.77 bits per heavy atom. The second-order valence-corrected chi connectivity index (χ2v) is 6.53. The minimum atomic E-state index is -1.09. The minimum absolute atomic E-state index is 0.204. The first-order chi connectivity index (χ1) is 12.5. The zero-order valence-corrected chi connectivity index (χ0v) is 15.4. The highest BCUT2D eigenvalue weighted by Gasteiger charge is 2.21. The molecule has 1 atom stereocenters. The van der Waals surface area contributed by atoms with Crippen molar-refractivity contribution in [2.45, 2.75) is 17.4 Å². The highest BCUT2D eigenvalue weighted by atomic mass is 32.2. The number of carboxylic acids is 1. The standard InChI is InChI=1S/C19H21NO5S/c1-24-15-9-8-14(12-16(15)25-2)26-11-10-17(21)20-18(19(22)23)13-6-4-3-5-7-13/h3-9,12,18H,10-11H2,1-2H3,(H,20,21)(H,22,23)/t18-/m0/s1. The number of nitrogens with one attached hydrogen (secondary N) is 1. The predicted octanol–water partition coefficient (Wildman–Crippen LogP) is 3.13. The van der Waals surface area contributed by atoms with Crippen molar-refractivity contribution in [1.29, 1.82) is 0 Å². The van der Waals surface area contributed by atoms with Crippen molar-refractivity contribution in [3.63, 3.8) is 0 Å². The fourth-order valence-corrected chi connectivity index (χ4v) is 3.21. The Hall–Kier alpha value is -2.67. The number of methoxy groups -OCH3 is 2. The van der Waals surface area contributed by atoms with Gasteiger partial charge in [-0.25, -0.2) is 4.79 Å². The lowest BCUT2D eigenvalue weighted by Crippen LogP contribution is -2.33. The molecule has 0 heterocycles. The smallest absolute Gasteiger partial charge is 0.330 e. The van der Waals surface area contributed by atoms with Crippen LogP contribution in [0.15, 0.2) is 53.4 Å². The first-order valence-electron chi connectivity index (χ1n) is 7.97. The normalized spacial score (nSPS) is 11.5. The van der Waals surface area contributed by atoms with E-state index in [1.165, 1.54) is 11.8 Å². The van der Waals surface area contributed by atoms with Crippen LogP contribution in [-0.2, 0) is 9.59 Å². The maximum Gasteiger partial charge on any atom is 0.330 e. The van der Waals surface area contributed by atoms with Crippen molar-refractivity contribution in [2.24, 2.45) is 0 Å². The topological polar surface area (TPSA) is 84.9 Å². The molecular formula is C19H21NO5S. The van der Waals surface area contributed by atoms with Gasteiger partial charge in [0.2, 0.25) is 5.91 Å². The summed E-state index contributed by atoms with van der Waals surface area (Å²) < 4.78 is 10.4. The molecule has 26 heavy (non-hydrogen) atoms. The van der Waals surface area contributed by atoms with Gasteiger partial charge >= 0.3 is 5.97 Å². The van der Waals surface area contributed by atoms with Crippen LogP contribution >= 0.6 is 11.8 Å². The van der Waals surface area contributed by atoms with Crippen LogP contribution in [0.1, 0.15) is 18.0 Å². The average Bonchev–Trinajstić information content (AvgIpc) is 2.66. The van der Waals surface area contributed by atoms with Gasteiger partial charge in [0.1, 0.15) is 0 Å². The van der Waals surface area contributed by atoms with Crippen molar-refractivity contribution in [3.05, 3.63) is 54.1 Å². The van der Waals surface area contributed by atoms with E-state index in [-0.39, 0.29) is 12.3 Å². The Bertz CT molecular complexity index is 751. The van der Waals surface area contributed by atoms with Gasteiger partial charge in [0, 0.05) is 17.1 Å². The highest BCUT2D eigenvalue weighted by Crippen LogP contribution is 2.32. The number of ether oxygens (including phenoxy) is 2. The molecule has 2 N–H and O–H groups in total. The monoisotopic (exact) mass is 375 g/mol. The predicted molar refractivity (Wildman–Crippen MR) is 99.8 cm³/mol. The van der Waals surface area contributed by atoms with Gasteiger partial charge in [-0.05, 0) is 23.8 Å². The molecule has 0 fully saturated rings. The second-order valence-electron chi connectivity index (χ2n) is 5.36. The second kappa shape index (κ2) is 9.72. The lowest BCUT2D eigenvalue weighted by Gasteiger charge is -2.15. The molecule has 0 aromatic heterocycles. The summed E-state index contributed by atoms with van der Waals surface area (Å²) in [6, 6.07) is 13.1. The summed E-state index contributed by atoms with van der Waals surface area (Å²) in [6.07, 6.45) is 0.204. The molecule has 0 aliphatic rings. The zero-order chi connectivity index (χ0) is 18.9. The molecule has 0 spiro atoms. The van der Waals surface area contributed by atoms with Gasteiger partial charge in [-0.3, -0.25) is 4.79 Å². The van der Waals surface area contributed by atoms with Crippen LogP contribution < -0.4 is 14.8 Å². The van der Waals surface area contributed by atoms with Crippen LogP contribution in [0.5, 0.6) is 11.5 Å². The molecule has 6 nitrogen and oxygen atoms in total. The van der Waals surface area contributed by atoms with E-state index in [0.717, 1.165) is 4.90 Å². The summed E-state index contributed by atoms with van der Waals surface area (Å²) in [5, 5.41) is 11.9. The molecule has 0 saturated carbocycles. The molecule has 1 amide bonds. The van der Waals surface area contributed by atoms with E-state index in [2.05, 4.69) is 5.32 Å². The largest absolute Gasteiger partial charge is 0.493 e. The van der Waals surface area contributed by atoms with Crippen LogP contribution in [0.3, 0.4) is 0 Å². The van der Waals surface area contributed by atoms with E-state index in [4.69, 9.17) is 9.47 Å². The molecular weight excluding hydrogens is 354 g/mol. The van der Waals surface area contributed by atoms with Gasteiger partial charge in [0.15, 0.2) is 17.5 Å². The Morgan fingerprint density at radius 3 is 2.38 bits per heavy atom. The number of carboxylic acid groups (broad SMARTS) is 1. The lowest BCUT2D eigenvalue weighted by molar-refractivity contribution is -0.142. The molecule has 0 saturated heterocycles. The molecule has 138 valence electrons. The molecule has 2 aromatic rings. The molecule has 2 aromatic carbocycles. The summed E-state index contributed by atoms with van der Waals surface area (Å²) in [4.78, 5) is 24.5. The summed E-state index contributed by atoms with van der Waals surface area (Å²) >= 11 is 1.48. The summed E-state index contributed by atoms with van der Waals surface area (Å²) in [5.74, 6) is 0.382. The van der Waals surface area contributed by atoms with Crippen molar-refractivity contribution in [3.8, 4) is 11.5 Å². The SMILES string of the molecule is COc1ccc(SCCC(=O)N[C@H](C(=O)O)c2ccccc2)cc1OC. The maximum absolute atomic E-state index is 12.1. The molecule has 0 bridgehead atoms. The van der Waals surface area contributed by atoms with E-state index in [1.807, 2.05) is 12.1 Å². The Labute approximate surface area is 156 Å². The van der Waals surface area contributed by atoms with Crippen molar-refractivity contribution >= 4 is 23.6 Å². The number of benzene rings is 2. The quantitative estimate of drug-likeness (QED) is 0.655. The van der Waals surface area contributed by atoms with E-state index in [1.54, 1.807) is 50.6 Å². The molecule has 7 heteroatoms. The number of thioether (sulfide) groups is 1. The van der Waals surface area contributed by atoms with Gasteiger partial charge in [0.25, 0.3) is 0 Å². The van der Waals surface area contributed by atoms with E-state index >= 15 is 0 Å². The Kier molecular flexibility index (Phi) is 7.35. The Morgan fingerprint density at radius 1 is 1.08 bits per heavy atom. The fourth-order valence-electron chi connectivity index (χ4n) is 2.33. The van der Waals surface area contributed by atoms with Crippen LogP contribution in [0, 0.1) is 0 Å². The third-order valence-electron chi connectivity index (χ3n) is 3.64. The van der Waals surface area contributed by atoms with Crippen LogP contribution in [0.25, 0.3) is 0 Å².